The average molecular weight is 218 g/mol. The van der Waals surface area contributed by atoms with Crippen LogP contribution in [-0.4, -0.2) is 31.3 Å². The Kier molecular flexibility index (Phi) is 3.29. The van der Waals surface area contributed by atoms with Crippen molar-refractivity contribution in [3.05, 3.63) is 23.9 Å². The van der Waals surface area contributed by atoms with Crippen molar-refractivity contribution in [3.8, 4) is 0 Å². The van der Waals surface area contributed by atoms with Gasteiger partial charge in [0.2, 0.25) is 0 Å². The molecule has 2 aliphatic rings. The quantitative estimate of drug-likeness (QED) is 0.618. The van der Waals surface area contributed by atoms with Crippen LogP contribution in [0.1, 0.15) is 26.7 Å². The fourth-order valence-corrected chi connectivity index (χ4v) is 2.37. The van der Waals surface area contributed by atoms with Gasteiger partial charge in [-0.15, -0.1) is 0 Å². The van der Waals surface area contributed by atoms with Gasteiger partial charge in [0.05, 0.1) is 0 Å². The van der Waals surface area contributed by atoms with Gasteiger partial charge in [-0.25, -0.2) is 0 Å². The van der Waals surface area contributed by atoms with Gasteiger partial charge in [0.25, 0.3) is 0 Å². The summed E-state index contributed by atoms with van der Waals surface area (Å²) in [6.45, 7) is 6.95. The standard InChI is InChI=1S/C14H22N2/c1-12-4-7-15-11-14(12,2)10-13-5-8-16(3)9-6-13/h4,7,10-12H,5-6,8-9H2,1-3H3. The lowest BCUT2D eigenvalue weighted by Crippen LogP contribution is -2.29. The lowest BCUT2D eigenvalue weighted by Gasteiger charge is -2.32. The maximum atomic E-state index is 4.30. The van der Waals surface area contributed by atoms with E-state index in [9.17, 15) is 0 Å². The maximum absolute atomic E-state index is 4.30. The van der Waals surface area contributed by atoms with Gasteiger partial charge in [0.15, 0.2) is 0 Å². The predicted octanol–water partition coefficient (Wildman–Crippen LogP) is 2.88. The van der Waals surface area contributed by atoms with Crippen LogP contribution in [0.25, 0.3) is 0 Å². The maximum Gasteiger partial charge on any atom is 0.0270 e. The fourth-order valence-electron chi connectivity index (χ4n) is 2.37. The van der Waals surface area contributed by atoms with Crippen molar-refractivity contribution in [2.75, 3.05) is 20.1 Å². The van der Waals surface area contributed by atoms with Crippen LogP contribution in [0.5, 0.6) is 0 Å². The van der Waals surface area contributed by atoms with Gasteiger partial charge in [-0.1, -0.05) is 31.6 Å². The minimum absolute atomic E-state index is 0.125. The summed E-state index contributed by atoms with van der Waals surface area (Å²) in [5.74, 6) is 0.553. The lowest BCUT2D eigenvalue weighted by molar-refractivity contribution is 0.309. The molecule has 88 valence electrons. The first-order valence-corrected chi connectivity index (χ1v) is 6.20. The molecule has 2 heteroatoms. The smallest absolute Gasteiger partial charge is 0.0270 e. The molecule has 2 rings (SSSR count). The first-order chi connectivity index (χ1) is 7.60. The topological polar surface area (TPSA) is 15.6 Å². The average Bonchev–Trinajstić information content (AvgIpc) is 2.26. The third-order valence-electron chi connectivity index (χ3n) is 3.94. The second kappa shape index (κ2) is 4.54. The molecule has 0 aliphatic carbocycles. The second-order valence-corrected chi connectivity index (χ2v) is 5.38. The number of rotatable bonds is 1. The fraction of sp³-hybridized carbons (Fsp3) is 0.643. The molecular weight excluding hydrogens is 196 g/mol. The molecular formula is C14H22N2. The summed E-state index contributed by atoms with van der Waals surface area (Å²) in [5.41, 5.74) is 1.73. The predicted molar refractivity (Wildman–Crippen MR) is 69.7 cm³/mol. The first-order valence-electron chi connectivity index (χ1n) is 6.20. The Bertz CT molecular complexity index is 331. The molecule has 2 heterocycles. The van der Waals surface area contributed by atoms with Crippen molar-refractivity contribution in [2.45, 2.75) is 26.7 Å². The van der Waals surface area contributed by atoms with Gasteiger partial charge in [0.1, 0.15) is 0 Å². The van der Waals surface area contributed by atoms with Crippen molar-refractivity contribution < 1.29 is 0 Å². The number of likely N-dealkylation sites (tertiary alicyclic amines) is 1. The van der Waals surface area contributed by atoms with Crippen LogP contribution in [0.2, 0.25) is 0 Å². The van der Waals surface area contributed by atoms with E-state index in [1.54, 1.807) is 5.57 Å². The Morgan fingerprint density at radius 1 is 1.44 bits per heavy atom. The van der Waals surface area contributed by atoms with Crippen LogP contribution in [0.3, 0.4) is 0 Å². The zero-order valence-corrected chi connectivity index (χ0v) is 10.6. The van der Waals surface area contributed by atoms with E-state index in [0.717, 1.165) is 0 Å². The summed E-state index contributed by atoms with van der Waals surface area (Å²) in [4.78, 5) is 6.70. The molecule has 2 atom stereocenters. The van der Waals surface area contributed by atoms with Gasteiger partial charge < -0.3 is 4.90 Å². The molecule has 1 saturated heterocycles. The number of allylic oxidation sites excluding steroid dienone is 2. The van der Waals surface area contributed by atoms with Crippen molar-refractivity contribution in [1.29, 1.82) is 0 Å². The van der Waals surface area contributed by atoms with Crippen LogP contribution in [0.15, 0.2) is 28.9 Å². The third-order valence-corrected chi connectivity index (χ3v) is 3.94. The summed E-state index contributed by atoms with van der Waals surface area (Å²) < 4.78 is 0. The van der Waals surface area contributed by atoms with Crippen LogP contribution in [0.4, 0.5) is 0 Å². The van der Waals surface area contributed by atoms with Gasteiger partial charge in [-0.2, -0.15) is 0 Å². The molecule has 16 heavy (non-hydrogen) atoms. The highest BCUT2D eigenvalue weighted by Gasteiger charge is 2.28. The Balaban J connectivity index is 2.10. The summed E-state index contributed by atoms with van der Waals surface area (Å²) in [6.07, 6.45) is 11.1. The highest BCUT2D eigenvalue weighted by molar-refractivity contribution is 5.71. The second-order valence-electron chi connectivity index (χ2n) is 5.38. The molecule has 0 bridgehead atoms. The molecule has 0 saturated carbocycles. The summed E-state index contributed by atoms with van der Waals surface area (Å²) in [7, 11) is 2.20. The molecule has 2 nitrogen and oxygen atoms in total. The number of aliphatic imine (C=N–C) groups is 1. The molecule has 1 fully saturated rings. The Morgan fingerprint density at radius 2 is 2.12 bits per heavy atom. The van der Waals surface area contributed by atoms with Crippen molar-refractivity contribution in [3.63, 3.8) is 0 Å². The zero-order valence-electron chi connectivity index (χ0n) is 10.6. The van der Waals surface area contributed by atoms with Crippen LogP contribution in [0, 0.1) is 11.3 Å². The van der Waals surface area contributed by atoms with Crippen LogP contribution in [-0.2, 0) is 0 Å². The zero-order chi connectivity index (χ0) is 11.6. The first kappa shape index (κ1) is 11.6. The Hall–Kier alpha value is -0.890. The third kappa shape index (κ3) is 2.43. The monoisotopic (exact) mass is 218 g/mol. The van der Waals surface area contributed by atoms with Gasteiger partial charge in [-0.05, 0) is 25.8 Å². The Labute approximate surface area is 98.7 Å². The summed E-state index contributed by atoms with van der Waals surface area (Å²) in [5, 5.41) is 0. The van der Waals surface area contributed by atoms with E-state index < -0.39 is 0 Å². The van der Waals surface area contributed by atoms with E-state index >= 15 is 0 Å². The highest BCUT2D eigenvalue weighted by atomic mass is 15.1. The molecule has 0 radical (unpaired) electrons. The number of hydrogen-bond acceptors (Lipinski definition) is 2. The molecule has 2 unspecified atom stereocenters. The molecule has 2 aliphatic heterocycles. The van der Waals surface area contributed by atoms with E-state index in [0.29, 0.717) is 5.92 Å². The molecule has 0 spiro atoms. The minimum Gasteiger partial charge on any atom is -0.306 e. The van der Waals surface area contributed by atoms with E-state index in [4.69, 9.17) is 0 Å². The number of nitrogens with zero attached hydrogens (tertiary/aromatic N) is 2. The molecule has 0 amide bonds. The van der Waals surface area contributed by atoms with Crippen molar-refractivity contribution in [1.82, 2.24) is 4.90 Å². The van der Waals surface area contributed by atoms with Gasteiger partial charge in [-0.3, -0.25) is 4.99 Å². The van der Waals surface area contributed by atoms with E-state index in [1.807, 2.05) is 6.20 Å². The summed E-state index contributed by atoms with van der Waals surface area (Å²) in [6, 6.07) is 0. The number of hydrogen-bond donors (Lipinski definition) is 0. The molecule has 0 aromatic heterocycles. The normalized spacial score (nSPS) is 35.4. The van der Waals surface area contributed by atoms with Crippen molar-refractivity contribution in [2.24, 2.45) is 16.3 Å². The molecule has 0 aromatic rings. The summed E-state index contributed by atoms with van der Waals surface area (Å²) >= 11 is 0. The van der Waals surface area contributed by atoms with Crippen LogP contribution < -0.4 is 0 Å². The van der Waals surface area contributed by atoms with Gasteiger partial charge in [0, 0.05) is 30.9 Å². The lowest BCUT2D eigenvalue weighted by atomic mass is 9.76. The molecule has 0 N–H and O–H groups in total. The molecule has 0 aromatic carbocycles. The van der Waals surface area contributed by atoms with Crippen LogP contribution >= 0.6 is 0 Å². The minimum atomic E-state index is 0.125. The number of piperidine rings is 1. The highest BCUT2D eigenvalue weighted by Crippen LogP contribution is 2.33. The SMILES string of the molecule is CC1C=CN=CC1(C)C=C1CCN(C)CC1. The van der Waals surface area contributed by atoms with E-state index in [2.05, 4.69) is 49.2 Å². The van der Waals surface area contributed by atoms with Crippen molar-refractivity contribution >= 4 is 6.21 Å². The Morgan fingerprint density at radius 3 is 2.75 bits per heavy atom. The van der Waals surface area contributed by atoms with E-state index in [1.165, 1.54) is 25.9 Å². The largest absolute Gasteiger partial charge is 0.306 e. The van der Waals surface area contributed by atoms with Gasteiger partial charge >= 0.3 is 0 Å². The van der Waals surface area contributed by atoms with E-state index in [-0.39, 0.29) is 5.41 Å².